The Hall–Kier alpha value is -2.33. The summed E-state index contributed by atoms with van der Waals surface area (Å²) in [6, 6.07) is 16.9. The van der Waals surface area contributed by atoms with Crippen LogP contribution in [0, 0.1) is 11.8 Å². The van der Waals surface area contributed by atoms with Crippen LogP contribution < -0.4 is 15.5 Å². The monoisotopic (exact) mass is 335 g/mol. The fraction of sp³-hybridized carbons (Fsp3) is 0.381. The van der Waals surface area contributed by atoms with Crippen LogP contribution in [0.15, 0.2) is 48.5 Å². The highest BCUT2D eigenvalue weighted by Gasteiger charge is 2.28. The molecule has 0 spiro atoms. The minimum Gasteiger partial charge on any atom is -0.367 e. The molecule has 4 nitrogen and oxygen atoms in total. The van der Waals surface area contributed by atoms with Crippen LogP contribution in [-0.4, -0.2) is 25.5 Å². The molecular formula is C21H25N3O. The zero-order valence-corrected chi connectivity index (χ0v) is 14.7. The van der Waals surface area contributed by atoms with E-state index in [0.717, 1.165) is 38.3 Å². The van der Waals surface area contributed by atoms with Crippen molar-refractivity contribution in [2.24, 2.45) is 11.8 Å². The molecule has 0 radical (unpaired) electrons. The SMILES string of the molecule is CC(C(=O)Nc1ccc(CN2CCc3ccccc32)cc1)C1CNC1. The molecule has 2 aromatic rings. The average Bonchev–Trinajstić information content (AvgIpc) is 2.98. The summed E-state index contributed by atoms with van der Waals surface area (Å²) in [5.74, 6) is 0.643. The van der Waals surface area contributed by atoms with E-state index in [1.54, 1.807) is 0 Å². The van der Waals surface area contributed by atoms with Gasteiger partial charge in [0.2, 0.25) is 5.91 Å². The van der Waals surface area contributed by atoms with Gasteiger partial charge in [-0.1, -0.05) is 37.3 Å². The maximum absolute atomic E-state index is 12.3. The number of hydrogen-bond acceptors (Lipinski definition) is 3. The zero-order valence-electron chi connectivity index (χ0n) is 14.7. The van der Waals surface area contributed by atoms with Gasteiger partial charge in [-0.05, 0) is 54.8 Å². The predicted molar refractivity (Wildman–Crippen MR) is 102 cm³/mol. The number of hydrogen-bond donors (Lipinski definition) is 2. The highest BCUT2D eigenvalue weighted by Crippen LogP contribution is 2.29. The number of carbonyl (C=O) groups excluding carboxylic acids is 1. The molecule has 2 aliphatic heterocycles. The van der Waals surface area contributed by atoms with Gasteiger partial charge in [0, 0.05) is 30.4 Å². The smallest absolute Gasteiger partial charge is 0.227 e. The first kappa shape index (κ1) is 16.2. The van der Waals surface area contributed by atoms with Crippen LogP contribution in [0.5, 0.6) is 0 Å². The standard InChI is InChI=1S/C21H25N3O/c1-15(18-12-22-13-18)21(25)23-19-8-6-16(7-9-19)14-24-11-10-17-4-2-3-5-20(17)24/h2-9,15,18,22H,10-14H2,1H3,(H,23,25). The van der Waals surface area contributed by atoms with E-state index in [0.29, 0.717) is 5.92 Å². The second-order valence-corrected chi connectivity index (χ2v) is 7.19. The number of para-hydroxylation sites is 1. The summed E-state index contributed by atoms with van der Waals surface area (Å²) < 4.78 is 0. The van der Waals surface area contributed by atoms with E-state index in [-0.39, 0.29) is 11.8 Å². The minimum absolute atomic E-state index is 0.0574. The molecular weight excluding hydrogens is 310 g/mol. The number of rotatable bonds is 5. The van der Waals surface area contributed by atoms with Crippen molar-refractivity contribution in [3.8, 4) is 0 Å². The lowest BCUT2D eigenvalue weighted by molar-refractivity contribution is -0.121. The van der Waals surface area contributed by atoms with Gasteiger partial charge in [0.15, 0.2) is 0 Å². The molecule has 2 aromatic carbocycles. The van der Waals surface area contributed by atoms with E-state index in [1.165, 1.54) is 16.8 Å². The fourth-order valence-corrected chi connectivity index (χ4v) is 3.62. The topological polar surface area (TPSA) is 44.4 Å². The summed E-state index contributed by atoms with van der Waals surface area (Å²) in [5, 5.41) is 6.27. The first-order valence-electron chi connectivity index (χ1n) is 9.14. The maximum atomic E-state index is 12.3. The molecule has 0 aromatic heterocycles. The van der Waals surface area contributed by atoms with Gasteiger partial charge in [-0.2, -0.15) is 0 Å². The lowest BCUT2D eigenvalue weighted by Gasteiger charge is -2.31. The van der Waals surface area contributed by atoms with E-state index in [1.807, 2.05) is 19.1 Å². The van der Waals surface area contributed by atoms with Gasteiger partial charge in [-0.25, -0.2) is 0 Å². The quantitative estimate of drug-likeness (QED) is 0.883. The van der Waals surface area contributed by atoms with Crippen molar-refractivity contribution >= 4 is 17.3 Å². The van der Waals surface area contributed by atoms with Gasteiger partial charge in [-0.3, -0.25) is 4.79 Å². The molecule has 4 heteroatoms. The molecule has 0 bridgehead atoms. The Kier molecular flexibility index (Phi) is 4.45. The maximum Gasteiger partial charge on any atom is 0.227 e. The molecule has 2 aliphatic rings. The summed E-state index contributed by atoms with van der Waals surface area (Å²) in [6.07, 6.45) is 1.12. The van der Waals surface area contributed by atoms with Gasteiger partial charge in [0.1, 0.15) is 0 Å². The minimum atomic E-state index is 0.0574. The first-order valence-corrected chi connectivity index (χ1v) is 9.14. The van der Waals surface area contributed by atoms with E-state index >= 15 is 0 Å². The molecule has 1 fully saturated rings. The summed E-state index contributed by atoms with van der Waals surface area (Å²) in [4.78, 5) is 14.7. The summed E-state index contributed by atoms with van der Waals surface area (Å²) >= 11 is 0. The third-order valence-electron chi connectivity index (χ3n) is 5.51. The van der Waals surface area contributed by atoms with Crippen LogP contribution in [0.4, 0.5) is 11.4 Å². The number of carbonyl (C=O) groups is 1. The second kappa shape index (κ2) is 6.89. The van der Waals surface area contributed by atoms with Gasteiger partial charge in [0.05, 0.1) is 0 Å². The van der Waals surface area contributed by atoms with Crippen LogP contribution in [0.3, 0.4) is 0 Å². The molecule has 0 saturated carbocycles. The fourth-order valence-electron chi connectivity index (χ4n) is 3.62. The Balaban J connectivity index is 1.37. The summed E-state index contributed by atoms with van der Waals surface area (Å²) in [6.45, 7) is 5.90. The van der Waals surface area contributed by atoms with Crippen LogP contribution in [0.25, 0.3) is 0 Å². The van der Waals surface area contributed by atoms with Gasteiger partial charge in [0.25, 0.3) is 0 Å². The summed E-state index contributed by atoms with van der Waals surface area (Å²) in [5.41, 5.74) is 4.94. The molecule has 2 N–H and O–H groups in total. The van der Waals surface area contributed by atoms with Crippen LogP contribution in [-0.2, 0) is 17.8 Å². The average molecular weight is 335 g/mol. The number of nitrogens with one attached hydrogen (secondary N) is 2. The highest BCUT2D eigenvalue weighted by atomic mass is 16.1. The van der Waals surface area contributed by atoms with E-state index < -0.39 is 0 Å². The zero-order chi connectivity index (χ0) is 17.2. The van der Waals surface area contributed by atoms with Crippen LogP contribution >= 0.6 is 0 Å². The van der Waals surface area contributed by atoms with Gasteiger partial charge < -0.3 is 15.5 Å². The van der Waals surface area contributed by atoms with E-state index in [2.05, 4.69) is 51.9 Å². The van der Waals surface area contributed by atoms with Crippen molar-refractivity contribution in [2.75, 3.05) is 29.9 Å². The Bertz CT molecular complexity index is 752. The molecule has 1 saturated heterocycles. The summed E-state index contributed by atoms with van der Waals surface area (Å²) in [7, 11) is 0. The van der Waals surface area contributed by atoms with Crippen LogP contribution in [0.1, 0.15) is 18.1 Å². The number of amides is 1. The number of nitrogens with zero attached hydrogens (tertiary/aromatic N) is 1. The predicted octanol–water partition coefficient (Wildman–Crippen LogP) is 3.04. The number of fused-ring (bicyclic) bond motifs is 1. The van der Waals surface area contributed by atoms with E-state index in [9.17, 15) is 4.79 Å². The Morgan fingerprint density at radius 2 is 1.96 bits per heavy atom. The molecule has 1 unspecified atom stereocenters. The number of benzene rings is 2. The molecule has 4 rings (SSSR count). The van der Waals surface area contributed by atoms with Crippen LogP contribution in [0.2, 0.25) is 0 Å². The Morgan fingerprint density at radius 3 is 2.68 bits per heavy atom. The third-order valence-corrected chi connectivity index (χ3v) is 5.51. The highest BCUT2D eigenvalue weighted by molar-refractivity contribution is 5.92. The van der Waals surface area contributed by atoms with Crippen molar-refractivity contribution in [3.05, 3.63) is 59.7 Å². The van der Waals surface area contributed by atoms with Gasteiger partial charge in [-0.15, -0.1) is 0 Å². The molecule has 0 aliphatic carbocycles. The van der Waals surface area contributed by atoms with Crippen molar-refractivity contribution in [1.29, 1.82) is 0 Å². The number of anilines is 2. The van der Waals surface area contributed by atoms with Gasteiger partial charge >= 0.3 is 0 Å². The second-order valence-electron chi connectivity index (χ2n) is 7.19. The van der Waals surface area contributed by atoms with Crippen molar-refractivity contribution in [1.82, 2.24) is 5.32 Å². The van der Waals surface area contributed by atoms with Crippen molar-refractivity contribution < 1.29 is 4.79 Å². The third kappa shape index (κ3) is 3.40. The lowest BCUT2D eigenvalue weighted by Crippen LogP contribution is -2.48. The Labute approximate surface area is 149 Å². The van der Waals surface area contributed by atoms with Crippen molar-refractivity contribution in [2.45, 2.75) is 19.9 Å². The normalized spacial score (nSPS) is 17.7. The molecule has 25 heavy (non-hydrogen) atoms. The lowest BCUT2D eigenvalue weighted by atomic mass is 9.88. The Morgan fingerprint density at radius 1 is 1.20 bits per heavy atom. The van der Waals surface area contributed by atoms with Crippen molar-refractivity contribution in [3.63, 3.8) is 0 Å². The molecule has 1 amide bonds. The largest absolute Gasteiger partial charge is 0.367 e. The van der Waals surface area contributed by atoms with E-state index in [4.69, 9.17) is 0 Å². The molecule has 130 valence electrons. The first-order chi connectivity index (χ1) is 12.2. The molecule has 1 atom stereocenters. The molecule has 2 heterocycles.